The zero-order valence-corrected chi connectivity index (χ0v) is 23.7. The van der Waals surface area contributed by atoms with Crippen LogP contribution in [-0.4, -0.2) is 15.0 Å². The lowest BCUT2D eigenvalue weighted by Crippen LogP contribution is -2.27. The SMILES string of the molecule is C1=CCC(c2nc(-c3ccccc3)nc(-c3ccc4c(c3)C3(C5=CC=CCC5c5ccccc53)c3ccccc3-4)n2)C=C1. The number of aromatic nitrogens is 3. The van der Waals surface area contributed by atoms with Gasteiger partial charge in [-0.3, -0.25) is 0 Å². The lowest BCUT2D eigenvalue weighted by atomic mass is 9.68. The summed E-state index contributed by atoms with van der Waals surface area (Å²) in [7, 11) is 0. The van der Waals surface area contributed by atoms with Crippen LogP contribution in [0.25, 0.3) is 33.9 Å². The molecule has 0 N–H and O–H groups in total. The van der Waals surface area contributed by atoms with E-state index in [-0.39, 0.29) is 11.3 Å². The highest BCUT2D eigenvalue weighted by molar-refractivity contribution is 5.90. The summed E-state index contributed by atoms with van der Waals surface area (Å²) in [5, 5.41) is 0. The van der Waals surface area contributed by atoms with Crippen LogP contribution in [0.2, 0.25) is 0 Å². The van der Waals surface area contributed by atoms with Crippen molar-refractivity contribution in [2.24, 2.45) is 0 Å². The van der Waals surface area contributed by atoms with Crippen LogP contribution in [0.15, 0.2) is 145 Å². The van der Waals surface area contributed by atoms with Crippen LogP contribution in [0.4, 0.5) is 0 Å². The molecule has 4 aliphatic rings. The van der Waals surface area contributed by atoms with E-state index < -0.39 is 0 Å². The lowest BCUT2D eigenvalue weighted by Gasteiger charge is -2.33. The van der Waals surface area contributed by atoms with Crippen LogP contribution in [-0.2, 0) is 5.41 Å². The van der Waals surface area contributed by atoms with Gasteiger partial charge in [-0.1, -0.05) is 134 Å². The Morgan fingerprint density at radius 2 is 1.33 bits per heavy atom. The third-order valence-electron chi connectivity index (χ3n) is 9.63. The first-order valence-electron chi connectivity index (χ1n) is 15.2. The monoisotopic (exact) mass is 551 g/mol. The minimum absolute atomic E-state index is 0.126. The molecule has 0 saturated carbocycles. The van der Waals surface area contributed by atoms with Gasteiger partial charge in [-0.05, 0) is 57.9 Å². The van der Waals surface area contributed by atoms with E-state index in [0.29, 0.717) is 11.7 Å². The predicted octanol–water partition coefficient (Wildman–Crippen LogP) is 9.10. The van der Waals surface area contributed by atoms with Gasteiger partial charge in [0.1, 0.15) is 5.82 Å². The zero-order valence-electron chi connectivity index (χ0n) is 23.7. The minimum Gasteiger partial charge on any atom is -0.212 e. The van der Waals surface area contributed by atoms with E-state index in [1.165, 1.54) is 39.0 Å². The van der Waals surface area contributed by atoms with E-state index in [1.807, 2.05) is 18.2 Å². The number of hydrogen-bond donors (Lipinski definition) is 0. The predicted molar refractivity (Wildman–Crippen MR) is 173 cm³/mol. The van der Waals surface area contributed by atoms with Crippen molar-refractivity contribution in [1.82, 2.24) is 15.0 Å². The third-order valence-corrected chi connectivity index (χ3v) is 9.63. The molecule has 43 heavy (non-hydrogen) atoms. The van der Waals surface area contributed by atoms with Gasteiger partial charge in [0.25, 0.3) is 0 Å². The molecule has 0 saturated heterocycles. The largest absolute Gasteiger partial charge is 0.212 e. The zero-order chi connectivity index (χ0) is 28.4. The number of benzene rings is 4. The molecule has 0 fully saturated rings. The molecular weight excluding hydrogens is 522 g/mol. The van der Waals surface area contributed by atoms with Crippen molar-refractivity contribution in [3.8, 4) is 33.9 Å². The number of fused-ring (bicyclic) bond motifs is 10. The summed E-state index contributed by atoms with van der Waals surface area (Å²) in [6.07, 6.45) is 17.4. The molecule has 4 aromatic carbocycles. The molecule has 0 aliphatic heterocycles. The van der Waals surface area contributed by atoms with E-state index in [9.17, 15) is 0 Å². The summed E-state index contributed by atoms with van der Waals surface area (Å²) in [4.78, 5) is 15.2. The van der Waals surface area contributed by atoms with Crippen molar-refractivity contribution < 1.29 is 0 Å². The maximum Gasteiger partial charge on any atom is 0.163 e. The number of nitrogens with zero attached hydrogens (tertiary/aromatic N) is 3. The van der Waals surface area contributed by atoms with Crippen molar-refractivity contribution in [2.45, 2.75) is 30.1 Å². The fourth-order valence-corrected chi connectivity index (χ4v) is 7.80. The Balaban J connectivity index is 1.29. The fraction of sp³-hybridized carbons (Fsp3) is 0.125. The Morgan fingerprint density at radius 3 is 2.19 bits per heavy atom. The van der Waals surface area contributed by atoms with Crippen LogP contribution in [0.3, 0.4) is 0 Å². The molecular formula is C40H29N3. The Labute approximate surface area is 251 Å². The molecule has 3 heteroatoms. The molecule has 204 valence electrons. The summed E-state index contributed by atoms with van der Waals surface area (Å²) < 4.78 is 0. The Hall–Kier alpha value is -5.15. The average Bonchev–Trinajstić information content (AvgIpc) is 3.56. The smallest absolute Gasteiger partial charge is 0.163 e. The van der Waals surface area contributed by atoms with Crippen molar-refractivity contribution >= 4 is 0 Å². The van der Waals surface area contributed by atoms with E-state index in [1.54, 1.807) is 0 Å². The Morgan fingerprint density at radius 1 is 0.581 bits per heavy atom. The molecule has 1 heterocycles. The molecule has 9 rings (SSSR count). The molecule has 3 atom stereocenters. The lowest BCUT2D eigenvalue weighted by molar-refractivity contribution is 0.708. The second kappa shape index (κ2) is 9.43. The highest BCUT2D eigenvalue weighted by atomic mass is 15.0. The fourth-order valence-electron chi connectivity index (χ4n) is 7.80. The second-order valence-corrected chi connectivity index (χ2v) is 11.8. The van der Waals surface area contributed by atoms with Crippen LogP contribution in [0.5, 0.6) is 0 Å². The van der Waals surface area contributed by atoms with E-state index in [0.717, 1.165) is 35.6 Å². The molecule has 4 aliphatic carbocycles. The maximum atomic E-state index is 5.14. The van der Waals surface area contributed by atoms with E-state index >= 15 is 0 Å². The minimum atomic E-state index is -0.330. The third kappa shape index (κ3) is 3.51. The Kier molecular flexibility index (Phi) is 5.36. The molecule has 1 spiro atoms. The van der Waals surface area contributed by atoms with Gasteiger partial charge in [-0.25, -0.2) is 15.0 Å². The summed E-state index contributed by atoms with van der Waals surface area (Å²) in [6, 6.07) is 35.2. The Bertz CT molecular complexity index is 2050. The topological polar surface area (TPSA) is 38.7 Å². The van der Waals surface area contributed by atoms with E-state index in [4.69, 9.17) is 15.0 Å². The molecule has 5 aromatic rings. The van der Waals surface area contributed by atoms with Gasteiger partial charge in [0.05, 0.1) is 5.41 Å². The van der Waals surface area contributed by atoms with Gasteiger partial charge in [0, 0.05) is 23.0 Å². The number of rotatable bonds is 3. The van der Waals surface area contributed by atoms with Crippen molar-refractivity contribution in [3.63, 3.8) is 0 Å². The van der Waals surface area contributed by atoms with Crippen LogP contribution in [0.1, 0.15) is 52.8 Å². The molecule has 0 bridgehead atoms. The highest BCUT2D eigenvalue weighted by Crippen LogP contribution is 2.65. The molecule has 1 aromatic heterocycles. The van der Waals surface area contributed by atoms with Crippen LogP contribution in [0, 0.1) is 0 Å². The van der Waals surface area contributed by atoms with Crippen molar-refractivity contribution in [1.29, 1.82) is 0 Å². The summed E-state index contributed by atoms with van der Waals surface area (Å²) in [5.74, 6) is 2.76. The average molecular weight is 552 g/mol. The molecule has 3 unspecified atom stereocenters. The second-order valence-electron chi connectivity index (χ2n) is 11.8. The van der Waals surface area contributed by atoms with Gasteiger partial charge in [0.2, 0.25) is 0 Å². The van der Waals surface area contributed by atoms with Gasteiger partial charge < -0.3 is 0 Å². The van der Waals surface area contributed by atoms with E-state index in [2.05, 4.69) is 121 Å². The number of hydrogen-bond acceptors (Lipinski definition) is 3. The molecule has 3 nitrogen and oxygen atoms in total. The highest BCUT2D eigenvalue weighted by Gasteiger charge is 2.54. The van der Waals surface area contributed by atoms with Gasteiger partial charge in [-0.15, -0.1) is 0 Å². The standard InChI is InChI=1S/C40H29N3/c1-3-13-26(14-4-1)37-41-38(27-15-5-2-6-16-27)43-39(42-37)28-23-24-32-31-19-9-12-22-35(31)40(36(32)25-28)33-20-10-7-17-29(33)30-18-8-11-21-34(30)40/h1-15,17,19-25,27,30H,16,18H2. The first kappa shape index (κ1) is 24.4. The summed E-state index contributed by atoms with van der Waals surface area (Å²) in [6.45, 7) is 0. The van der Waals surface area contributed by atoms with Crippen LogP contribution >= 0.6 is 0 Å². The first-order valence-corrected chi connectivity index (χ1v) is 15.2. The maximum absolute atomic E-state index is 5.14. The van der Waals surface area contributed by atoms with Crippen molar-refractivity contribution in [2.75, 3.05) is 0 Å². The number of allylic oxidation sites excluding steroid dienone is 8. The normalized spacial score (nSPS) is 22.2. The summed E-state index contributed by atoms with van der Waals surface area (Å²) in [5.41, 5.74) is 11.3. The van der Waals surface area contributed by atoms with Crippen molar-refractivity contribution in [3.05, 3.63) is 173 Å². The first-order chi connectivity index (χ1) is 21.3. The summed E-state index contributed by atoms with van der Waals surface area (Å²) >= 11 is 0. The molecule has 0 amide bonds. The van der Waals surface area contributed by atoms with Gasteiger partial charge in [-0.2, -0.15) is 0 Å². The van der Waals surface area contributed by atoms with Crippen LogP contribution < -0.4 is 0 Å². The van der Waals surface area contributed by atoms with Gasteiger partial charge >= 0.3 is 0 Å². The quantitative estimate of drug-likeness (QED) is 0.224. The van der Waals surface area contributed by atoms with Gasteiger partial charge in [0.15, 0.2) is 11.6 Å². The molecule has 0 radical (unpaired) electrons.